The summed E-state index contributed by atoms with van der Waals surface area (Å²) in [5, 5.41) is 0. The zero-order valence-corrected chi connectivity index (χ0v) is 14.6. The van der Waals surface area contributed by atoms with Crippen molar-refractivity contribution in [2.24, 2.45) is 11.8 Å². The Kier molecular flexibility index (Phi) is 6.01. The summed E-state index contributed by atoms with van der Waals surface area (Å²) in [6.45, 7) is 2.26. The van der Waals surface area contributed by atoms with Gasteiger partial charge in [-0.25, -0.2) is 0 Å². The minimum Gasteiger partial charge on any atom is -0.333 e. The fraction of sp³-hybridized carbons (Fsp3) is 0.714. The third kappa shape index (κ3) is 4.45. The average Bonchev–Trinajstić information content (AvgIpc) is 2.56. The molecule has 1 aliphatic rings. The van der Waals surface area contributed by atoms with E-state index in [4.69, 9.17) is 0 Å². The molecular weight excluding hydrogens is 424 g/mol. The molecule has 0 atom stereocenters. The van der Waals surface area contributed by atoms with E-state index >= 15 is 0 Å². The number of hydrogen-bond acceptors (Lipinski definition) is 2. The molecular formula is C14H14F12N2. The summed E-state index contributed by atoms with van der Waals surface area (Å²) in [7, 11) is 1.57. The lowest BCUT2D eigenvalue weighted by Crippen LogP contribution is -2.49. The number of hydrogen-bond donors (Lipinski definition) is 0. The zero-order chi connectivity index (χ0) is 22.6. The van der Waals surface area contributed by atoms with Crippen molar-refractivity contribution in [1.29, 1.82) is 0 Å². The van der Waals surface area contributed by atoms with Crippen LogP contribution in [0.5, 0.6) is 0 Å². The SMILES string of the molecule is CC1=C(C)N(C)C(=C(C(C(F)(F)F)C(F)(F)F)C(C(F)(F)F)C(F)(F)F)N1C. The van der Waals surface area contributed by atoms with E-state index in [1.165, 1.54) is 0 Å². The predicted octanol–water partition coefficient (Wildman–Crippen LogP) is 5.81. The Labute approximate surface area is 151 Å². The molecule has 0 N–H and O–H groups in total. The molecule has 164 valence electrons. The summed E-state index contributed by atoms with van der Waals surface area (Å²) in [6, 6.07) is 0. The van der Waals surface area contributed by atoms with E-state index in [9.17, 15) is 52.7 Å². The first-order valence-electron chi connectivity index (χ1n) is 7.29. The molecule has 0 aromatic rings. The molecule has 0 fully saturated rings. The molecule has 0 bridgehead atoms. The van der Waals surface area contributed by atoms with Gasteiger partial charge in [-0.2, -0.15) is 52.7 Å². The van der Waals surface area contributed by atoms with E-state index in [2.05, 4.69) is 0 Å². The second-order valence-corrected chi connectivity index (χ2v) is 6.10. The molecule has 0 unspecified atom stereocenters. The van der Waals surface area contributed by atoms with Crippen molar-refractivity contribution >= 4 is 0 Å². The highest BCUT2D eigenvalue weighted by atomic mass is 19.4. The van der Waals surface area contributed by atoms with Gasteiger partial charge in [-0.15, -0.1) is 0 Å². The summed E-state index contributed by atoms with van der Waals surface area (Å²) in [6.07, 6.45) is -25.8. The average molecular weight is 438 g/mol. The van der Waals surface area contributed by atoms with Crippen LogP contribution in [0.1, 0.15) is 13.8 Å². The molecule has 28 heavy (non-hydrogen) atoms. The number of alkyl halides is 12. The Balaban J connectivity index is 4.08. The fourth-order valence-corrected chi connectivity index (χ4v) is 2.92. The highest BCUT2D eigenvalue weighted by Crippen LogP contribution is 2.55. The third-order valence-corrected chi connectivity index (χ3v) is 4.35. The first-order valence-corrected chi connectivity index (χ1v) is 7.29. The quantitative estimate of drug-likeness (QED) is 0.503. The summed E-state index contributed by atoms with van der Waals surface area (Å²) in [4.78, 5) is 0.888. The van der Waals surface area contributed by atoms with Crippen LogP contribution in [0.15, 0.2) is 22.8 Å². The largest absolute Gasteiger partial charge is 0.404 e. The van der Waals surface area contributed by atoms with Crippen LogP contribution in [-0.2, 0) is 0 Å². The first kappa shape index (κ1) is 24.3. The van der Waals surface area contributed by atoms with Crippen molar-refractivity contribution in [3.63, 3.8) is 0 Å². The van der Waals surface area contributed by atoms with Crippen molar-refractivity contribution in [2.75, 3.05) is 14.1 Å². The molecule has 0 radical (unpaired) electrons. The monoisotopic (exact) mass is 438 g/mol. The lowest BCUT2D eigenvalue weighted by atomic mass is 9.84. The van der Waals surface area contributed by atoms with Crippen LogP contribution in [0.25, 0.3) is 0 Å². The Bertz CT molecular complexity index is 580. The van der Waals surface area contributed by atoms with Gasteiger partial charge in [-0.3, -0.25) is 0 Å². The number of halogens is 12. The predicted molar refractivity (Wildman–Crippen MR) is 72.1 cm³/mol. The van der Waals surface area contributed by atoms with E-state index in [0.717, 1.165) is 27.9 Å². The van der Waals surface area contributed by atoms with Gasteiger partial charge in [0, 0.05) is 31.1 Å². The van der Waals surface area contributed by atoms with Crippen LogP contribution in [0.2, 0.25) is 0 Å². The zero-order valence-electron chi connectivity index (χ0n) is 14.6. The van der Waals surface area contributed by atoms with Gasteiger partial charge in [0.25, 0.3) is 0 Å². The number of nitrogens with zero attached hydrogens (tertiary/aromatic N) is 2. The molecule has 0 spiro atoms. The van der Waals surface area contributed by atoms with Crippen LogP contribution in [0.3, 0.4) is 0 Å². The van der Waals surface area contributed by atoms with Crippen molar-refractivity contribution < 1.29 is 52.7 Å². The maximum absolute atomic E-state index is 13.2. The minimum absolute atomic E-state index is 0.110. The topological polar surface area (TPSA) is 6.48 Å². The van der Waals surface area contributed by atoms with Gasteiger partial charge in [-0.05, 0) is 13.8 Å². The van der Waals surface area contributed by atoms with Crippen molar-refractivity contribution in [3.8, 4) is 0 Å². The second kappa shape index (κ2) is 6.94. The minimum atomic E-state index is -6.46. The van der Waals surface area contributed by atoms with E-state index in [1.54, 1.807) is 0 Å². The normalized spacial score (nSPS) is 17.6. The number of allylic oxidation sites excluding steroid dienone is 3. The first-order chi connectivity index (χ1) is 12.1. The molecule has 0 aliphatic carbocycles. The molecule has 2 nitrogen and oxygen atoms in total. The van der Waals surface area contributed by atoms with Gasteiger partial charge in [0.15, 0.2) is 11.8 Å². The van der Waals surface area contributed by atoms with Crippen LogP contribution in [-0.4, -0.2) is 48.6 Å². The maximum Gasteiger partial charge on any atom is 0.404 e. The lowest BCUT2D eigenvalue weighted by Gasteiger charge is -2.36. The van der Waals surface area contributed by atoms with Gasteiger partial charge >= 0.3 is 24.7 Å². The maximum atomic E-state index is 13.2. The second-order valence-electron chi connectivity index (χ2n) is 6.10. The van der Waals surface area contributed by atoms with Crippen LogP contribution >= 0.6 is 0 Å². The molecule has 0 saturated carbocycles. The van der Waals surface area contributed by atoms with E-state index in [1.807, 2.05) is 0 Å². The Morgan fingerprint density at radius 1 is 0.571 bits per heavy atom. The van der Waals surface area contributed by atoms with E-state index in [0.29, 0.717) is 9.80 Å². The smallest absolute Gasteiger partial charge is 0.333 e. The van der Waals surface area contributed by atoms with Gasteiger partial charge in [0.2, 0.25) is 0 Å². The summed E-state index contributed by atoms with van der Waals surface area (Å²) in [5.74, 6) is -11.4. The summed E-state index contributed by atoms with van der Waals surface area (Å²) < 4.78 is 158. The van der Waals surface area contributed by atoms with Crippen molar-refractivity contribution in [3.05, 3.63) is 22.8 Å². The van der Waals surface area contributed by atoms with Gasteiger partial charge < -0.3 is 9.80 Å². The molecule has 1 aliphatic heterocycles. The summed E-state index contributed by atoms with van der Waals surface area (Å²) >= 11 is 0. The Morgan fingerprint density at radius 2 is 0.786 bits per heavy atom. The summed E-state index contributed by atoms with van der Waals surface area (Å²) in [5.41, 5.74) is -3.09. The number of rotatable bonds is 2. The highest BCUT2D eigenvalue weighted by molar-refractivity contribution is 5.34. The molecule has 0 saturated heterocycles. The molecule has 1 rings (SSSR count). The third-order valence-electron chi connectivity index (χ3n) is 4.35. The molecule has 14 heteroatoms. The molecule has 0 amide bonds. The van der Waals surface area contributed by atoms with Crippen LogP contribution in [0.4, 0.5) is 52.7 Å². The Morgan fingerprint density at radius 3 is 0.964 bits per heavy atom. The molecule has 0 aromatic carbocycles. The molecule has 0 aromatic heterocycles. The van der Waals surface area contributed by atoms with E-state index < -0.39 is 47.9 Å². The van der Waals surface area contributed by atoms with Crippen molar-refractivity contribution in [1.82, 2.24) is 9.80 Å². The standard InChI is InChI=1S/C14H14F12N2/c1-5-6(2)28(4)10(27(5)3)7(8(11(15,16)17)12(18,19)20)9(13(21,22)23)14(24,25)26/h8-9H,1-4H3. The van der Waals surface area contributed by atoms with Gasteiger partial charge in [0.1, 0.15) is 5.82 Å². The molecule has 1 heterocycles. The highest BCUT2D eigenvalue weighted by Gasteiger charge is 2.69. The van der Waals surface area contributed by atoms with E-state index in [-0.39, 0.29) is 11.4 Å². The van der Waals surface area contributed by atoms with Gasteiger partial charge in [-0.1, -0.05) is 0 Å². The van der Waals surface area contributed by atoms with Crippen LogP contribution in [0, 0.1) is 11.8 Å². The van der Waals surface area contributed by atoms with Crippen molar-refractivity contribution in [2.45, 2.75) is 38.6 Å². The van der Waals surface area contributed by atoms with Crippen LogP contribution < -0.4 is 0 Å². The fourth-order valence-electron chi connectivity index (χ4n) is 2.92. The lowest BCUT2D eigenvalue weighted by molar-refractivity contribution is -0.302. The van der Waals surface area contributed by atoms with Gasteiger partial charge in [0.05, 0.1) is 0 Å². The Hall–Kier alpha value is -1.76.